The van der Waals surface area contributed by atoms with Crippen LogP contribution in [0.25, 0.3) is 10.9 Å². The Bertz CT molecular complexity index is 1410. The van der Waals surface area contributed by atoms with E-state index in [1.807, 2.05) is 36.4 Å². The van der Waals surface area contributed by atoms with Crippen LogP contribution in [0.2, 0.25) is 0 Å². The van der Waals surface area contributed by atoms with E-state index in [0.29, 0.717) is 30.1 Å². The number of nitrogens with zero attached hydrogens (tertiary/aromatic N) is 6. The Morgan fingerprint density at radius 1 is 1.05 bits per heavy atom. The highest BCUT2D eigenvalue weighted by atomic mass is 32.2. The van der Waals surface area contributed by atoms with Gasteiger partial charge in [0.05, 0.1) is 17.3 Å². The minimum atomic E-state index is -3.25. The molecule has 12 heteroatoms. The lowest BCUT2D eigenvalue weighted by molar-refractivity contribution is 0.227. The summed E-state index contributed by atoms with van der Waals surface area (Å²) in [5, 5.41) is 8.32. The molecule has 0 radical (unpaired) electrons. The van der Waals surface area contributed by atoms with Crippen LogP contribution in [0.3, 0.4) is 0 Å². The molecule has 2 aliphatic rings. The summed E-state index contributed by atoms with van der Waals surface area (Å²) in [5.74, 6) is 1.65. The highest BCUT2D eigenvalue weighted by Crippen LogP contribution is 2.26. The number of hydrogen-bond acceptors (Lipinski definition) is 8. The van der Waals surface area contributed by atoms with Crippen LogP contribution in [0.4, 0.5) is 17.5 Å². The molecule has 2 fully saturated rings. The van der Waals surface area contributed by atoms with Gasteiger partial charge in [-0.05, 0) is 61.3 Å². The Morgan fingerprint density at radius 3 is 2.67 bits per heavy atom. The first-order valence-corrected chi connectivity index (χ1v) is 15.5. The Morgan fingerprint density at radius 2 is 1.87 bits per heavy atom. The zero-order valence-electron chi connectivity index (χ0n) is 22.5. The monoisotopic (exact) mass is 568 g/mol. The van der Waals surface area contributed by atoms with Gasteiger partial charge in [-0.2, -0.15) is 4.98 Å². The fraction of sp³-hybridized carbons (Fsp3) is 0.481. The highest BCUT2D eigenvalue weighted by molar-refractivity contribution is 7.89. The molecule has 4 heterocycles. The summed E-state index contributed by atoms with van der Waals surface area (Å²) in [7, 11) is -3.25. The molecule has 2 aliphatic heterocycles. The number of hydrogen-bond donors (Lipinski definition) is 2. The molecular formula is C27H36N8O2S2. The first-order chi connectivity index (χ1) is 18.8. The zero-order chi connectivity index (χ0) is 27.4. The molecular weight excluding hydrogens is 532 g/mol. The third-order valence-corrected chi connectivity index (χ3v) is 9.61. The van der Waals surface area contributed by atoms with Crippen molar-refractivity contribution in [1.29, 1.82) is 0 Å². The topological polar surface area (TPSA) is 107 Å². The van der Waals surface area contributed by atoms with Crippen molar-refractivity contribution in [2.45, 2.75) is 32.7 Å². The van der Waals surface area contributed by atoms with Crippen molar-refractivity contribution in [3.05, 3.63) is 48.8 Å². The number of aromatic nitrogens is 3. The lowest BCUT2D eigenvalue weighted by Crippen LogP contribution is -2.58. The fourth-order valence-corrected chi connectivity index (χ4v) is 7.01. The SMILES string of the molecule is CC(C)C1CN(c2ccnc(NCCS(=O)(=O)N3CCCC3)n2)CCN1C(=S)Nc1cccc2ncccc12. The molecule has 0 amide bonds. The van der Waals surface area contributed by atoms with E-state index >= 15 is 0 Å². The molecule has 1 unspecified atom stereocenters. The summed E-state index contributed by atoms with van der Waals surface area (Å²) in [5.41, 5.74) is 1.88. The number of nitrogens with one attached hydrogen (secondary N) is 2. The lowest BCUT2D eigenvalue weighted by Gasteiger charge is -2.45. The highest BCUT2D eigenvalue weighted by Gasteiger charge is 2.32. The van der Waals surface area contributed by atoms with Crippen LogP contribution >= 0.6 is 12.2 Å². The molecule has 0 aliphatic carbocycles. The van der Waals surface area contributed by atoms with Crippen LogP contribution in [0.1, 0.15) is 26.7 Å². The van der Waals surface area contributed by atoms with Crippen LogP contribution in [0.15, 0.2) is 48.8 Å². The standard InChI is InChI=1S/C27H36N8O2S2/c1-20(2)24-19-33(16-17-35(24)27(38)31-23-9-5-8-22-21(23)7-6-11-28-22)25-10-12-29-26(32-25)30-13-18-39(36,37)34-14-3-4-15-34/h5-12,20,24H,3-4,13-19H2,1-2H3,(H,31,38)(H,29,30,32). The van der Waals surface area contributed by atoms with Crippen molar-refractivity contribution in [2.24, 2.45) is 5.92 Å². The Balaban J connectivity index is 1.22. The van der Waals surface area contributed by atoms with Crippen molar-refractivity contribution in [3.63, 3.8) is 0 Å². The number of sulfonamides is 1. The van der Waals surface area contributed by atoms with Gasteiger partial charge in [-0.15, -0.1) is 0 Å². The molecule has 2 aromatic heterocycles. The number of thiocarbonyl (C=S) groups is 1. The van der Waals surface area contributed by atoms with Crippen molar-refractivity contribution in [2.75, 3.05) is 60.6 Å². The predicted molar refractivity (Wildman–Crippen MR) is 161 cm³/mol. The molecule has 3 aromatic rings. The molecule has 1 aromatic carbocycles. The minimum Gasteiger partial charge on any atom is -0.353 e. The van der Waals surface area contributed by atoms with E-state index in [9.17, 15) is 8.42 Å². The summed E-state index contributed by atoms with van der Waals surface area (Å²) < 4.78 is 26.6. The normalized spacial score (nSPS) is 18.6. The van der Waals surface area contributed by atoms with Gasteiger partial charge in [0, 0.05) is 62.7 Å². The van der Waals surface area contributed by atoms with Gasteiger partial charge >= 0.3 is 0 Å². The first kappa shape index (κ1) is 27.5. The number of fused-ring (bicyclic) bond motifs is 1. The smallest absolute Gasteiger partial charge is 0.224 e. The average Bonchev–Trinajstić information content (AvgIpc) is 3.49. The summed E-state index contributed by atoms with van der Waals surface area (Å²) in [6.07, 6.45) is 5.38. The number of piperazine rings is 1. The largest absolute Gasteiger partial charge is 0.353 e. The number of benzene rings is 1. The second-order valence-corrected chi connectivity index (χ2v) is 12.8. The number of pyridine rings is 1. The van der Waals surface area contributed by atoms with Gasteiger partial charge in [0.2, 0.25) is 16.0 Å². The first-order valence-electron chi connectivity index (χ1n) is 13.5. The van der Waals surface area contributed by atoms with E-state index in [4.69, 9.17) is 17.2 Å². The molecule has 2 saturated heterocycles. The molecule has 208 valence electrons. The molecule has 0 bridgehead atoms. The van der Waals surface area contributed by atoms with Crippen LogP contribution in [0.5, 0.6) is 0 Å². The van der Waals surface area contributed by atoms with Crippen LogP contribution < -0.4 is 15.5 Å². The third-order valence-electron chi connectivity index (χ3n) is 7.40. The molecule has 0 saturated carbocycles. The van der Waals surface area contributed by atoms with Gasteiger partial charge in [-0.1, -0.05) is 19.9 Å². The Labute approximate surface area is 235 Å². The molecule has 1 atom stereocenters. The molecule has 2 N–H and O–H groups in total. The van der Waals surface area contributed by atoms with Gasteiger partial charge in [0.15, 0.2) is 5.11 Å². The van der Waals surface area contributed by atoms with Crippen LogP contribution in [0, 0.1) is 5.92 Å². The molecule has 0 spiro atoms. The summed E-state index contributed by atoms with van der Waals surface area (Å²) in [6, 6.07) is 12.1. The predicted octanol–water partition coefficient (Wildman–Crippen LogP) is 3.41. The average molecular weight is 569 g/mol. The maximum Gasteiger partial charge on any atom is 0.224 e. The maximum atomic E-state index is 12.5. The fourth-order valence-electron chi connectivity index (χ4n) is 5.24. The summed E-state index contributed by atoms with van der Waals surface area (Å²) >= 11 is 5.90. The van der Waals surface area contributed by atoms with Crippen LogP contribution in [-0.2, 0) is 10.0 Å². The van der Waals surface area contributed by atoms with Crippen molar-refractivity contribution < 1.29 is 8.42 Å². The Hall–Kier alpha value is -3.09. The second-order valence-electron chi connectivity index (χ2n) is 10.3. The van der Waals surface area contributed by atoms with E-state index in [2.05, 4.69) is 44.2 Å². The van der Waals surface area contributed by atoms with Crippen LogP contribution in [-0.4, -0.2) is 88.8 Å². The second kappa shape index (κ2) is 12.0. The number of anilines is 3. The summed E-state index contributed by atoms with van der Waals surface area (Å²) in [6.45, 7) is 8.19. The lowest BCUT2D eigenvalue weighted by atomic mass is 10.00. The maximum absolute atomic E-state index is 12.5. The quantitative estimate of drug-likeness (QED) is 0.393. The number of rotatable bonds is 8. The van der Waals surface area contributed by atoms with E-state index in [0.717, 1.165) is 54.9 Å². The van der Waals surface area contributed by atoms with Crippen molar-refractivity contribution in [3.8, 4) is 0 Å². The summed E-state index contributed by atoms with van der Waals surface area (Å²) in [4.78, 5) is 18.0. The van der Waals surface area contributed by atoms with Gasteiger partial charge in [-0.3, -0.25) is 4.98 Å². The van der Waals surface area contributed by atoms with Gasteiger partial charge < -0.3 is 20.4 Å². The van der Waals surface area contributed by atoms with Crippen molar-refractivity contribution >= 4 is 55.7 Å². The molecule has 39 heavy (non-hydrogen) atoms. The zero-order valence-corrected chi connectivity index (χ0v) is 24.1. The van der Waals surface area contributed by atoms with Crippen molar-refractivity contribution in [1.82, 2.24) is 24.2 Å². The minimum absolute atomic E-state index is 0.0336. The Kier molecular flexibility index (Phi) is 8.43. The van der Waals surface area contributed by atoms with Gasteiger partial charge in [0.25, 0.3) is 0 Å². The van der Waals surface area contributed by atoms with E-state index in [1.54, 1.807) is 16.7 Å². The van der Waals surface area contributed by atoms with Gasteiger partial charge in [-0.25, -0.2) is 17.7 Å². The molecule has 5 rings (SSSR count). The van der Waals surface area contributed by atoms with Gasteiger partial charge in [0.1, 0.15) is 5.82 Å². The van der Waals surface area contributed by atoms with E-state index in [1.165, 1.54) is 0 Å². The van der Waals surface area contributed by atoms with E-state index in [-0.39, 0.29) is 18.3 Å². The van der Waals surface area contributed by atoms with E-state index < -0.39 is 10.0 Å². The molecule has 10 nitrogen and oxygen atoms in total. The third kappa shape index (κ3) is 6.39.